The maximum atomic E-state index is 3.91. The van der Waals surface area contributed by atoms with Gasteiger partial charge in [0.25, 0.3) is 0 Å². The van der Waals surface area contributed by atoms with Gasteiger partial charge in [0.15, 0.2) is 0 Å². The molecule has 0 aromatic heterocycles. The van der Waals surface area contributed by atoms with E-state index in [9.17, 15) is 0 Å². The average molecular weight is 182 g/mol. The third-order valence-corrected chi connectivity index (χ3v) is 2.35. The third-order valence-electron chi connectivity index (χ3n) is 1.54. The second kappa shape index (κ2) is 8.74. The van der Waals surface area contributed by atoms with Gasteiger partial charge < -0.3 is 0 Å². The molecule has 0 N–H and O–H groups in total. The summed E-state index contributed by atoms with van der Waals surface area (Å²) in [6.45, 7) is 8.23. The zero-order valence-corrected chi connectivity index (χ0v) is 9.14. The Morgan fingerprint density at radius 1 is 1.25 bits per heavy atom. The Kier molecular flexibility index (Phi) is 8.49. The van der Waals surface area contributed by atoms with E-state index >= 15 is 0 Å². The highest BCUT2D eigenvalue weighted by Gasteiger charge is 1.80. The van der Waals surface area contributed by atoms with Gasteiger partial charge in [-0.25, -0.2) is 0 Å². The first-order chi connectivity index (χ1) is 5.81. The zero-order valence-electron chi connectivity index (χ0n) is 8.14. The van der Waals surface area contributed by atoms with Crippen LogP contribution in [0.15, 0.2) is 36.2 Å². The van der Waals surface area contributed by atoms with Crippen LogP contribution in [0.1, 0.15) is 26.2 Å². The minimum atomic E-state index is 0.845. The van der Waals surface area contributed by atoms with E-state index in [1.165, 1.54) is 5.31 Å². The normalized spacial score (nSPS) is 12.5. The Morgan fingerprint density at radius 2 is 1.92 bits per heavy atom. The van der Waals surface area contributed by atoms with Gasteiger partial charge >= 0.3 is 0 Å². The molecule has 0 spiro atoms. The van der Waals surface area contributed by atoms with E-state index in [0.29, 0.717) is 0 Å². The highest BCUT2D eigenvalue weighted by Crippen LogP contribution is 2.17. The molecule has 0 aliphatic carbocycles. The first-order valence-electron chi connectivity index (χ1n) is 4.49. The fourth-order valence-corrected chi connectivity index (χ4v) is 1.07. The molecule has 0 aromatic carbocycles. The van der Waals surface area contributed by atoms with E-state index in [4.69, 9.17) is 0 Å². The second-order valence-corrected chi connectivity index (χ2v) is 3.78. The van der Waals surface area contributed by atoms with Crippen LogP contribution in [0.4, 0.5) is 0 Å². The predicted octanol–water partition coefficient (Wildman–Crippen LogP) is 4.11. The van der Waals surface area contributed by atoms with Crippen LogP contribution in [0, 0.1) is 0 Å². The van der Waals surface area contributed by atoms with Crippen molar-refractivity contribution in [3.8, 4) is 0 Å². The van der Waals surface area contributed by atoms with Crippen molar-refractivity contribution in [2.75, 3.05) is 6.66 Å². The van der Waals surface area contributed by atoms with Crippen LogP contribution in [0.2, 0.25) is 0 Å². The smallest absolute Gasteiger partial charge is 0.0313 e. The summed E-state index contributed by atoms with van der Waals surface area (Å²) >= 11 is 0. The number of hydrogen-bond acceptors (Lipinski definition) is 0. The number of hydrogen-bond donors (Lipinski definition) is 0. The summed E-state index contributed by atoms with van der Waals surface area (Å²) in [5.41, 5.74) is 0. The van der Waals surface area contributed by atoms with Crippen molar-refractivity contribution in [3.63, 3.8) is 0 Å². The van der Waals surface area contributed by atoms with Crippen LogP contribution in [0.5, 0.6) is 0 Å². The monoisotopic (exact) mass is 182 g/mol. The van der Waals surface area contributed by atoms with Gasteiger partial charge in [-0.15, -0.1) is 0 Å². The molecule has 1 atom stereocenters. The summed E-state index contributed by atoms with van der Waals surface area (Å²) in [6, 6.07) is 0. The summed E-state index contributed by atoms with van der Waals surface area (Å²) in [4.78, 5) is 0. The molecule has 12 heavy (non-hydrogen) atoms. The van der Waals surface area contributed by atoms with E-state index in [1.807, 2.05) is 0 Å². The number of allylic oxidation sites excluding steroid dienone is 5. The second-order valence-electron chi connectivity index (χ2n) is 2.63. The van der Waals surface area contributed by atoms with Crippen LogP contribution in [-0.2, 0) is 0 Å². The lowest BCUT2D eigenvalue weighted by molar-refractivity contribution is 1.04. The van der Waals surface area contributed by atoms with Gasteiger partial charge in [0.05, 0.1) is 0 Å². The molecule has 0 rings (SSSR count). The standard InChI is InChI=1S/C11H19P/c1-4-5-6-7-8-9-10-11(2)12-3/h5-6,9-10,12H,2,4,7-8H2,1,3H3/b6-5?,10-9-. The predicted molar refractivity (Wildman–Crippen MR) is 61.2 cm³/mol. The molecule has 0 saturated heterocycles. The molecular weight excluding hydrogens is 163 g/mol. The van der Waals surface area contributed by atoms with Crippen LogP contribution in [0.3, 0.4) is 0 Å². The van der Waals surface area contributed by atoms with Gasteiger partial charge in [-0.1, -0.05) is 46.4 Å². The summed E-state index contributed by atoms with van der Waals surface area (Å²) in [7, 11) is 0.845. The van der Waals surface area contributed by atoms with Gasteiger partial charge in [0, 0.05) is 0 Å². The maximum absolute atomic E-state index is 3.91. The Morgan fingerprint density at radius 3 is 2.50 bits per heavy atom. The molecule has 1 heteroatoms. The van der Waals surface area contributed by atoms with Crippen molar-refractivity contribution < 1.29 is 0 Å². The molecule has 0 aliphatic heterocycles. The quantitative estimate of drug-likeness (QED) is 0.251. The van der Waals surface area contributed by atoms with Crippen LogP contribution in [-0.4, -0.2) is 6.66 Å². The van der Waals surface area contributed by atoms with Crippen molar-refractivity contribution >= 4 is 8.58 Å². The average Bonchev–Trinajstić information content (AvgIpc) is 2.10. The molecule has 0 saturated carbocycles. The van der Waals surface area contributed by atoms with Gasteiger partial charge in [-0.05, 0) is 31.2 Å². The third kappa shape index (κ3) is 7.75. The first kappa shape index (κ1) is 11.6. The molecule has 68 valence electrons. The molecule has 0 nitrogen and oxygen atoms in total. The SMILES string of the molecule is C=C(/C=C\CCC=CCC)PC. The molecular formula is C11H19P. The van der Waals surface area contributed by atoms with E-state index < -0.39 is 0 Å². The number of unbranched alkanes of at least 4 members (excludes halogenated alkanes) is 1. The maximum Gasteiger partial charge on any atom is -0.0313 e. The topological polar surface area (TPSA) is 0 Å². The van der Waals surface area contributed by atoms with Gasteiger partial charge in [0.1, 0.15) is 0 Å². The van der Waals surface area contributed by atoms with Crippen molar-refractivity contribution in [2.24, 2.45) is 0 Å². The van der Waals surface area contributed by atoms with Crippen LogP contribution in [0.25, 0.3) is 0 Å². The summed E-state index contributed by atoms with van der Waals surface area (Å²) in [6.07, 6.45) is 12.2. The Hall–Kier alpha value is -0.350. The molecule has 0 aromatic rings. The van der Waals surface area contributed by atoms with E-state index in [-0.39, 0.29) is 0 Å². The zero-order chi connectivity index (χ0) is 9.23. The lowest BCUT2D eigenvalue weighted by Gasteiger charge is -1.91. The lowest BCUT2D eigenvalue weighted by Crippen LogP contribution is -1.66. The van der Waals surface area contributed by atoms with Crippen molar-refractivity contribution in [2.45, 2.75) is 26.2 Å². The summed E-state index contributed by atoms with van der Waals surface area (Å²) < 4.78 is 0. The molecule has 0 bridgehead atoms. The van der Waals surface area contributed by atoms with E-state index in [0.717, 1.165) is 27.8 Å². The first-order valence-corrected chi connectivity index (χ1v) is 5.99. The van der Waals surface area contributed by atoms with Crippen molar-refractivity contribution in [1.82, 2.24) is 0 Å². The fraction of sp³-hybridized carbons (Fsp3) is 0.455. The van der Waals surface area contributed by atoms with Crippen molar-refractivity contribution in [3.05, 3.63) is 36.2 Å². The molecule has 0 aliphatic rings. The molecule has 1 unspecified atom stereocenters. The van der Waals surface area contributed by atoms with E-state index in [1.54, 1.807) is 0 Å². The minimum absolute atomic E-state index is 0.845. The summed E-state index contributed by atoms with van der Waals surface area (Å²) in [5, 5.41) is 1.24. The number of rotatable bonds is 6. The lowest BCUT2D eigenvalue weighted by atomic mass is 10.2. The molecule has 0 fully saturated rings. The molecule has 0 radical (unpaired) electrons. The highest BCUT2D eigenvalue weighted by molar-refractivity contribution is 7.42. The van der Waals surface area contributed by atoms with Crippen LogP contribution < -0.4 is 0 Å². The van der Waals surface area contributed by atoms with Gasteiger partial charge in [-0.2, -0.15) is 0 Å². The largest absolute Gasteiger partial charge is 0.0943 e. The molecule has 0 heterocycles. The Bertz CT molecular complexity index is 166. The Labute approximate surface area is 78.2 Å². The fourth-order valence-electron chi connectivity index (χ4n) is 0.786. The summed E-state index contributed by atoms with van der Waals surface area (Å²) in [5.74, 6) is 0. The van der Waals surface area contributed by atoms with Gasteiger partial charge in [0.2, 0.25) is 0 Å². The minimum Gasteiger partial charge on any atom is -0.0943 e. The van der Waals surface area contributed by atoms with E-state index in [2.05, 4.69) is 44.5 Å². The van der Waals surface area contributed by atoms with Gasteiger partial charge in [-0.3, -0.25) is 0 Å². The highest BCUT2D eigenvalue weighted by atomic mass is 31.1. The van der Waals surface area contributed by atoms with Crippen LogP contribution >= 0.6 is 8.58 Å². The Balaban J connectivity index is 3.36. The van der Waals surface area contributed by atoms with Crippen molar-refractivity contribution in [1.29, 1.82) is 0 Å². The molecule has 0 amide bonds.